The van der Waals surface area contributed by atoms with Gasteiger partial charge in [-0.25, -0.2) is 9.59 Å². The molecule has 0 spiro atoms. The van der Waals surface area contributed by atoms with Gasteiger partial charge in [-0.1, -0.05) is 36.4 Å². The first-order chi connectivity index (χ1) is 12.7. The number of amides is 1. The van der Waals surface area contributed by atoms with Gasteiger partial charge in [0.15, 0.2) is 0 Å². The van der Waals surface area contributed by atoms with Gasteiger partial charge >= 0.3 is 12.1 Å². The molecule has 0 saturated carbocycles. The van der Waals surface area contributed by atoms with Crippen LogP contribution in [0.15, 0.2) is 48.5 Å². The summed E-state index contributed by atoms with van der Waals surface area (Å²) in [5.74, 6) is -0.326. The van der Waals surface area contributed by atoms with Crippen molar-refractivity contribution >= 4 is 12.1 Å². The van der Waals surface area contributed by atoms with Gasteiger partial charge in [0.25, 0.3) is 0 Å². The predicted molar refractivity (Wildman–Crippen MR) is 103 cm³/mol. The summed E-state index contributed by atoms with van der Waals surface area (Å²) >= 11 is 0. The van der Waals surface area contributed by atoms with Gasteiger partial charge in [0.1, 0.15) is 17.4 Å². The molecular weight excluding hydrogens is 346 g/mol. The van der Waals surface area contributed by atoms with Crippen molar-refractivity contribution in [2.75, 3.05) is 7.11 Å². The molecule has 144 valence electrons. The maximum atomic E-state index is 11.8. The summed E-state index contributed by atoms with van der Waals surface area (Å²) in [7, 11) is 1.62. The van der Waals surface area contributed by atoms with Gasteiger partial charge in [-0.15, -0.1) is 0 Å². The van der Waals surface area contributed by atoms with Gasteiger partial charge in [-0.3, -0.25) is 0 Å². The number of alkyl carbamates (subject to hydrolysis) is 1. The molecule has 0 bridgehead atoms. The molecule has 2 N–H and O–H groups in total. The number of ether oxygens (including phenoxy) is 2. The van der Waals surface area contributed by atoms with E-state index in [4.69, 9.17) is 9.47 Å². The first kappa shape index (κ1) is 20.3. The summed E-state index contributed by atoms with van der Waals surface area (Å²) in [6.07, 6.45) is -0.581. The molecule has 2 aromatic carbocycles. The molecule has 6 heteroatoms. The SMILES string of the molecule is COc1ccc(-c2ccc(C[C@H](NC(=O)OC(C)(C)C)C(=O)O)cc2)cc1. The number of aliphatic carboxylic acids is 1. The quantitative estimate of drug-likeness (QED) is 0.805. The minimum atomic E-state index is -1.11. The number of benzene rings is 2. The summed E-state index contributed by atoms with van der Waals surface area (Å²) in [6, 6.07) is 14.2. The van der Waals surface area contributed by atoms with Crippen molar-refractivity contribution in [2.45, 2.75) is 38.8 Å². The van der Waals surface area contributed by atoms with Crippen molar-refractivity contribution in [2.24, 2.45) is 0 Å². The number of carbonyl (C=O) groups excluding carboxylic acids is 1. The summed E-state index contributed by atoms with van der Waals surface area (Å²) in [6.45, 7) is 5.17. The predicted octanol–water partition coefficient (Wildman–Crippen LogP) is 3.88. The summed E-state index contributed by atoms with van der Waals surface area (Å²) in [5, 5.41) is 11.8. The molecule has 0 aliphatic carbocycles. The molecule has 0 radical (unpaired) electrons. The Morgan fingerprint density at radius 3 is 1.96 bits per heavy atom. The molecule has 0 unspecified atom stereocenters. The molecule has 0 fully saturated rings. The summed E-state index contributed by atoms with van der Waals surface area (Å²) in [4.78, 5) is 23.3. The molecule has 0 aliphatic rings. The number of carbonyl (C=O) groups is 2. The molecule has 2 aromatic rings. The first-order valence-electron chi connectivity index (χ1n) is 8.63. The zero-order valence-corrected chi connectivity index (χ0v) is 16.0. The smallest absolute Gasteiger partial charge is 0.408 e. The van der Waals surface area contributed by atoms with Crippen LogP contribution in [0.1, 0.15) is 26.3 Å². The van der Waals surface area contributed by atoms with Crippen LogP contribution in [-0.2, 0) is 16.0 Å². The summed E-state index contributed by atoms with van der Waals surface area (Å²) in [5.41, 5.74) is 2.15. The molecular formula is C21H25NO5. The fraction of sp³-hybridized carbons (Fsp3) is 0.333. The Kier molecular flexibility index (Phi) is 6.45. The number of methoxy groups -OCH3 is 1. The van der Waals surface area contributed by atoms with Crippen LogP contribution in [0.3, 0.4) is 0 Å². The third-order valence-electron chi connectivity index (χ3n) is 3.81. The van der Waals surface area contributed by atoms with Crippen LogP contribution in [0.4, 0.5) is 4.79 Å². The minimum absolute atomic E-state index is 0.164. The second-order valence-electron chi connectivity index (χ2n) is 7.17. The van der Waals surface area contributed by atoms with Crippen molar-refractivity contribution in [1.82, 2.24) is 5.32 Å². The molecule has 0 aliphatic heterocycles. The average molecular weight is 371 g/mol. The fourth-order valence-corrected chi connectivity index (χ4v) is 2.50. The Morgan fingerprint density at radius 2 is 1.52 bits per heavy atom. The number of hydrogen-bond acceptors (Lipinski definition) is 4. The van der Waals surface area contributed by atoms with Gasteiger partial charge in [0.05, 0.1) is 7.11 Å². The number of hydrogen-bond donors (Lipinski definition) is 2. The minimum Gasteiger partial charge on any atom is -0.497 e. The van der Waals surface area contributed by atoms with E-state index < -0.39 is 23.7 Å². The maximum Gasteiger partial charge on any atom is 0.408 e. The van der Waals surface area contributed by atoms with E-state index in [1.807, 2.05) is 48.5 Å². The van der Waals surface area contributed by atoms with Gasteiger partial charge < -0.3 is 19.9 Å². The van der Waals surface area contributed by atoms with Crippen LogP contribution in [0.5, 0.6) is 5.75 Å². The Bertz CT molecular complexity index is 776. The highest BCUT2D eigenvalue weighted by atomic mass is 16.6. The Balaban J connectivity index is 2.05. The second kappa shape index (κ2) is 8.58. The standard InChI is InChI=1S/C21H25NO5/c1-21(2,3)27-20(25)22-18(19(23)24)13-14-5-7-15(8-6-14)16-9-11-17(26-4)12-10-16/h5-12,18H,13H2,1-4H3,(H,22,25)(H,23,24)/t18-/m0/s1. The normalized spacial score (nSPS) is 12.1. The molecule has 2 rings (SSSR count). The number of carboxylic acids is 1. The maximum absolute atomic E-state index is 11.8. The van der Waals surface area contributed by atoms with Crippen LogP contribution in [0.25, 0.3) is 11.1 Å². The van der Waals surface area contributed by atoms with E-state index in [9.17, 15) is 14.7 Å². The number of carboxylic acid groups (broad SMARTS) is 1. The van der Waals surface area contributed by atoms with Crippen molar-refractivity contribution in [3.63, 3.8) is 0 Å². The van der Waals surface area contributed by atoms with E-state index in [0.717, 1.165) is 22.4 Å². The lowest BCUT2D eigenvalue weighted by atomic mass is 10.0. The van der Waals surface area contributed by atoms with Crippen LogP contribution in [-0.4, -0.2) is 35.9 Å². The fourth-order valence-electron chi connectivity index (χ4n) is 2.50. The van der Waals surface area contributed by atoms with E-state index in [2.05, 4.69) is 5.32 Å². The summed E-state index contributed by atoms with van der Waals surface area (Å²) < 4.78 is 10.3. The van der Waals surface area contributed by atoms with E-state index >= 15 is 0 Å². The van der Waals surface area contributed by atoms with Gasteiger partial charge in [-0.05, 0) is 49.6 Å². The van der Waals surface area contributed by atoms with Crippen LogP contribution in [0.2, 0.25) is 0 Å². The first-order valence-corrected chi connectivity index (χ1v) is 8.63. The van der Waals surface area contributed by atoms with Crippen molar-refractivity contribution < 1.29 is 24.2 Å². The third-order valence-corrected chi connectivity index (χ3v) is 3.81. The third kappa shape index (κ3) is 6.33. The number of nitrogens with one attached hydrogen (secondary N) is 1. The average Bonchev–Trinajstić information content (AvgIpc) is 2.60. The number of rotatable bonds is 6. The molecule has 0 saturated heterocycles. The zero-order chi connectivity index (χ0) is 20.0. The van der Waals surface area contributed by atoms with Crippen LogP contribution >= 0.6 is 0 Å². The molecule has 0 heterocycles. The highest BCUT2D eigenvalue weighted by Gasteiger charge is 2.24. The Morgan fingerprint density at radius 1 is 1.00 bits per heavy atom. The van der Waals surface area contributed by atoms with E-state index in [0.29, 0.717) is 0 Å². The molecule has 0 aromatic heterocycles. The topological polar surface area (TPSA) is 84.9 Å². The second-order valence-corrected chi connectivity index (χ2v) is 7.17. The van der Waals surface area contributed by atoms with E-state index in [-0.39, 0.29) is 6.42 Å². The van der Waals surface area contributed by atoms with Crippen LogP contribution in [0, 0.1) is 0 Å². The van der Waals surface area contributed by atoms with Crippen molar-refractivity contribution in [3.8, 4) is 16.9 Å². The van der Waals surface area contributed by atoms with Crippen molar-refractivity contribution in [1.29, 1.82) is 0 Å². The lowest BCUT2D eigenvalue weighted by molar-refractivity contribution is -0.139. The highest BCUT2D eigenvalue weighted by Crippen LogP contribution is 2.23. The molecule has 6 nitrogen and oxygen atoms in total. The van der Waals surface area contributed by atoms with Crippen LogP contribution < -0.4 is 10.1 Å². The lowest BCUT2D eigenvalue weighted by Gasteiger charge is -2.22. The molecule has 27 heavy (non-hydrogen) atoms. The van der Waals surface area contributed by atoms with Gasteiger partial charge in [0, 0.05) is 6.42 Å². The monoisotopic (exact) mass is 371 g/mol. The molecule has 1 amide bonds. The zero-order valence-electron chi connectivity index (χ0n) is 16.0. The van der Waals surface area contributed by atoms with Gasteiger partial charge in [-0.2, -0.15) is 0 Å². The largest absolute Gasteiger partial charge is 0.497 e. The van der Waals surface area contributed by atoms with Crippen molar-refractivity contribution in [3.05, 3.63) is 54.1 Å². The lowest BCUT2D eigenvalue weighted by Crippen LogP contribution is -2.44. The molecule has 1 atom stereocenters. The Hall–Kier alpha value is -3.02. The van der Waals surface area contributed by atoms with E-state index in [1.54, 1.807) is 27.9 Å². The van der Waals surface area contributed by atoms with Gasteiger partial charge in [0.2, 0.25) is 0 Å². The van der Waals surface area contributed by atoms with E-state index in [1.165, 1.54) is 0 Å². The highest BCUT2D eigenvalue weighted by molar-refractivity contribution is 5.80. The Labute approximate surface area is 159 Å².